The summed E-state index contributed by atoms with van der Waals surface area (Å²) in [6.07, 6.45) is 0. The first-order valence-electron chi connectivity index (χ1n) is 4.74. The van der Waals surface area contributed by atoms with E-state index < -0.39 is 0 Å². The molecule has 2 aromatic carbocycles. The highest BCUT2D eigenvalue weighted by Crippen LogP contribution is 2.27. The van der Waals surface area contributed by atoms with E-state index in [0.29, 0.717) is 10.7 Å². The van der Waals surface area contributed by atoms with Crippen LogP contribution in [0.5, 0.6) is 0 Å². The van der Waals surface area contributed by atoms with Gasteiger partial charge in [-0.05, 0) is 24.3 Å². The summed E-state index contributed by atoms with van der Waals surface area (Å²) in [4.78, 5) is 1.05. The van der Waals surface area contributed by atoms with Crippen molar-refractivity contribution < 1.29 is 0 Å². The van der Waals surface area contributed by atoms with Crippen molar-refractivity contribution in [1.29, 1.82) is 0 Å². The molecule has 0 saturated heterocycles. The monoisotopic (exact) mass is 248 g/mol. The molecule has 0 saturated carbocycles. The molecule has 2 nitrogen and oxygen atoms in total. The molecule has 0 aliphatic heterocycles. The topological polar surface area (TPSA) is 24.7 Å². The molecule has 0 radical (unpaired) electrons. The first-order valence-corrected chi connectivity index (χ1v) is 5.89. The fourth-order valence-electron chi connectivity index (χ4n) is 1.13. The molecule has 0 unspecified atom stereocenters. The molecule has 0 N–H and O–H groups in total. The number of hydrogen-bond donors (Lipinski definition) is 0. The minimum Gasteiger partial charge on any atom is -0.142 e. The molecule has 0 spiro atoms. The molecule has 0 aromatic heterocycles. The fraction of sp³-hybridized carbons (Fsp3) is 0. The van der Waals surface area contributed by atoms with Gasteiger partial charge < -0.3 is 0 Å². The molecule has 0 aliphatic carbocycles. The van der Waals surface area contributed by atoms with Gasteiger partial charge in [-0.1, -0.05) is 41.9 Å². The average Bonchev–Trinajstić information content (AvgIpc) is 2.33. The molecule has 0 bridgehead atoms. The normalized spacial score (nSPS) is 10.8. The van der Waals surface area contributed by atoms with E-state index >= 15 is 0 Å². The smallest absolute Gasteiger partial charge is 0.105 e. The molecular formula is C12H9ClN2S. The first kappa shape index (κ1) is 11.2. The Bertz CT molecular complexity index is 485. The van der Waals surface area contributed by atoms with Gasteiger partial charge in [-0.15, -0.1) is 9.63 Å². The standard InChI is InChI=1S/C12H9ClN2S/c13-11-8-4-5-9-12(11)14-15-16-10-6-2-1-3-7-10/h1-9H. The van der Waals surface area contributed by atoms with Crippen LogP contribution < -0.4 is 0 Å². The summed E-state index contributed by atoms with van der Waals surface area (Å²) in [5.41, 5.74) is 0.688. The zero-order chi connectivity index (χ0) is 11.2. The lowest BCUT2D eigenvalue weighted by molar-refractivity contribution is 1.32. The molecule has 16 heavy (non-hydrogen) atoms. The van der Waals surface area contributed by atoms with Crippen molar-refractivity contribution in [3.8, 4) is 0 Å². The maximum atomic E-state index is 5.94. The largest absolute Gasteiger partial charge is 0.142 e. The van der Waals surface area contributed by atoms with E-state index in [-0.39, 0.29) is 0 Å². The third kappa shape index (κ3) is 3.08. The summed E-state index contributed by atoms with van der Waals surface area (Å²) >= 11 is 7.27. The van der Waals surface area contributed by atoms with Crippen LogP contribution in [0.2, 0.25) is 5.02 Å². The van der Waals surface area contributed by atoms with Crippen LogP contribution in [0, 0.1) is 0 Å². The summed E-state index contributed by atoms with van der Waals surface area (Å²) in [5.74, 6) is 0. The maximum absolute atomic E-state index is 5.94. The number of nitrogens with zero attached hydrogens (tertiary/aromatic N) is 2. The van der Waals surface area contributed by atoms with Crippen LogP contribution in [0.1, 0.15) is 0 Å². The van der Waals surface area contributed by atoms with Crippen molar-refractivity contribution in [3.63, 3.8) is 0 Å². The lowest BCUT2D eigenvalue weighted by atomic mass is 10.3. The predicted molar refractivity (Wildman–Crippen MR) is 68.3 cm³/mol. The van der Waals surface area contributed by atoms with Gasteiger partial charge in [0.25, 0.3) is 0 Å². The second-order valence-electron chi connectivity index (χ2n) is 3.04. The maximum Gasteiger partial charge on any atom is 0.105 e. The highest BCUT2D eigenvalue weighted by Gasteiger charge is 1.95. The van der Waals surface area contributed by atoms with Gasteiger partial charge in [-0.2, -0.15) is 0 Å². The van der Waals surface area contributed by atoms with Crippen molar-refractivity contribution in [3.05, 3.63) is 59.6 Å². The van der Waals surface area contributed by atoms with Gasteiger partial charge in [0.05, 0.1) is 5.02 Å². The molecule has 0 aliphatic rings. The Balaban J connectivity index is 2.03. The molecule has 0 amide bonds. The van der Waals surface area contributed by atoms with E-state index in [4.69, 9.17) is 11.6 Å². The van der Waals surface area contributed by atoms with Gasteiger partial charge in [0, 0.05) is 16.8 Å². The zero-order valence-electron chi connectivity index (χ0n) is 8.38. The van der Waals surface area contributed by atoms with E-state index in [0.717, 1.165) is 4.90 Å². The van der Waals surface area contributed by atoms with Gasteiger partial charge >= 0.3 is 0 Å². The van der Waals surface area contributed by atoms with Crippen molar-refractivity contribution in [2.45, 2.75) is 4.90 Å². The second-order valence-corrected chi connectivity index (χ2v) is 4.26. The van der Waals surface area contributed by atoms with Crippen LogP contribution in [-0.2, 0) is 0 Å². The number of hydrogen-bond acceptors (Lipinski definition) is 3. The average molecular weight is 249 g/mol. The van der Waals surface area contributed by atoms with Crippen LogP contribution in [0.3, 0.4) is 0 Å². The molecule has 0 heterocycles. The van der Waals surface area contributed by atoms with Gasteiger partial charge in [0.2, 0.25) is 0 Å². The first-order chi connectivity index (χ1) is 7.86. The highest BCUT2D eigenvalue weighted by molar-refractivity contribution is 7.97. The van der Waals surface area contributed by atoms with E-state index in [1.54, 1.807) is 6.07 Å². The summed E-state index contributed by atoms with van der Waals surface area (Å²) in [5, 5.41) is 4.67. The number of halogens is 1. The molecule has 2 aromatic rings. The van der Waals surface area contributed by atoms with Gasteiger partial charge in [0.1, 0.15) is 5.69 Å². The van der Waals surface area contributed by atoms with Crippen molar-refractivity contribution in [1.82, 2.24) is 0 Å². The summed E-state index contributed by atoms with van der Waals surface area (Å²) in [6, 6.07) is 17.2. The predicted octanol–water partition coefficient (Wildman–Crippen LogP) is 5.13. The van der Waals surface area contributed by atoms with Crippen LogP contribution in [0.4, 0.5) is 5.69 Å². The van der Waals surface area contributed by atoms with Crippen molar-refractivity contribution in [2.24, 2.45) is 9.63 Å². The summed E-state index contributed by atoms with van der Waals surface area (Å²) < 4.78 is 4.03. The van der Waals surface area contributed by atoms with Gasteiger partial charge in [-0.25, -0.2) is 0 Å². The summed E-state index contributed by atoms with van der Waals surface area (Å²) in [7, 11) is 0. The molecular weight excluding hydrogens is 240 g/mol. The number of rotatable bonds is 3. The quantitative estimate of drug-likeness (QED) is 0.546. The molecule has 80 valence electrons. The van der Waals surface area contributed by atoms with Crippen molar-refractivity contribution >= 4 is 29.2 Å². The Morgan fingerprint density at radius 3 is 2.31 bits per heavy atom. The van der Waals surface area contributed by atoms with Crippen LogP contribution in [0.25, 0.3) is 0 Å². The van der Waals surface area contributed by atoms with Gasteiger partial charge in [-0.3, -0.25) is 0 Å². The zero-order valence-corrected chi connectivity index (χ0v) is 9.95. The Hall–Kier alpha value is -1.32. The third-order valence-corrected chi connectivity index (χ3v) is 2.86. The van der Waals surface area contributed by atoms with E-state index in [1.807, 2.05) is 48.5 Å². The molecule has 4 heteroatoms. The van der Waals surface area contributed by atoms with E-state index in [2.05, 4.69) is 9.63 Å². The lowest BCUT2D eigenvalue weighted by Gasteiger charge is -1.95. The Labute approximate surface area is 103 Å². The Morgan fingerprint density at radius 2 is 1.56 bits per heavy atom. The SMILES string of the molecule is Clc1ccccc1N=NSc1ccccc1. The third-order valence-electron chi connectivity index (χ3n) is 1.89. The van der Waals surface area contributed by atoms with E-state index in [1.165, 1.54) is 11.9 Å². The van der Waals surface area contributed by atoms with Crippen LogP contribution >= 0.6 is 23.5 Å². The molecule has 2 rings (SSSR count). The second kappa shape index (κ2) is 5.68. The Kier molecular flexibility index (Phi) is 3.97. The van der Waals surface area contributed by atoms with Crippen LogP contribution in [0.15, 0.2) is 69.1 Å². The fourth-order valence-corrected chi connectivity index (χ4v) is 1.80. The minimum absolute atomic E-state index is 0.611. The highest BCUT2D eigenvalue weighted by atomic mass is 35.5. The minimum atomic E-state index is 0.611. The van der Waals surface area contributed by atoms with Crippen molar-refractivity contribution in [2.75, 3.05) is 0 Å². The van der Waals surface area contributed by atoms with Gasteiger partial charge in [0.15, 0.2) is 0 Å². The molecule has 0 atom stereocenters. The molecule has 0 fully saturated rings. The number of benzene rings is 2. The lowest BCUT2D eigenvalue weighted by Crippen LogP contribution is -1.66. The van der Waals surface area contributed by atoms with E-state index in [9.17, 15) is 0 Å². The van der Waals surface area contributed by atoms with Crippen LogP contribution in [-0.4, -0.2) is 0 Å². The Morgan fingerprint density at radius 1 is 0.875 bits per heavy atom. The summed E-state index contributed by atoms with van der Waals surface area (Å²) in [6.45, 7) is 0.